The summed E-state index contributed by atoms with van der Waals surface area (Å²) in [6, 6.07) is 1.93. The second-order valence-corrected chi connectivity index (χ2v) is 2.81. The first kappa shape index (κ1) is 6.85. The zero-order valence-electron chi connectivity index (χ0n) is 6.44. The van der Waals surface area contributed by atoms with Crippen molar-refractivity contribution in [3.8, 4) is 0 Å². The first-order valence-corrected chi connectivity index (χ1v) is 4.07. The Hall–Kier alpha value is -0.830. The van der Waals surface area contributed by atoms with E-state index in [1.165, 1.54) is 12.8 Å². The maximum Gasteiger partial charge on any atom is 0.150 e. The van der Waals surface area contributed by atoms with Gasteiger partial charge < -0.3 is 4.74 Å². The van der Waals surface area contributed by atoms with Crippen LogP contribution < -0.4 is 0 Å². The van der Waals surface area contributed by atoms with Gasteiger partial charge in [-0.1, -0.05) is 0 Å². The van der Waals surface area contributed by atoms with Crippen molar-refractivity contribution in [2.24, 2.45) is 0 Å². The van der Waals surface area contributed by atoms with Crippen molar-refractivity contribution in [3.05, 3.63) is 18.5 Å². The van der Waals surface area contributed by atoms with E-state index in [-0.39, 0.29) is 6.23 Å². The summed E-state index contributed by atoms with van der Waals surface area (Å²) in [6.07, 6.45) is 7.48. The molecule has 2 rings (SSSR count). The topological polar surface area (TPSA) is 27.1 Å². The van der Waals surface area contributed by atoms with Crippen LogP contribution in [0.4, 0.5) is 0 Å². The number of hydrogen-bond acceptors (Lipinski definition) is 2. The van der Waals surface area contributed by atoms with E-state index in [9.17, 15) is 0 Å². The van der Waals surface area contributed by atoms with Crippen LogP contribution in [0.1, 0.15) is 25.5 Å². The van der Waals surface area contributed by atoms with Gasteiger partial charge in [0.1, 0.15) is 6.23 Å². The molecule has 0 saturated carbocycles. The van der Waals surface area contributed by atoms with Crippen LogP contribution in [0.2, 0.25) is 0 Å². The number of aromatic nitrogens is 2. The summed E-state index contributed by atoms with van der Waals surface area (Å²) >= 11 is 0. The largest absolute Gasteiger partial charge is 0.357 e. The molecule has 2 heterocycles. The SMILES string of the molecule is c1cnn([C@@H]2CCCCO2)c1. The van der Waals surface area contributed by atoms with Gasteiger partial charge in [-0.25, -0.2) is 4.68 Å². The monoisotopic (exact) mass is 152 g/mol. The van der Waals surface area contributed by atoms with Gasteiger partial charge in [-0.15, -0.1) is 0 Å². The predicted octanol–water partition coefficient (Wildman–Crippen LogP) is 1.58. The summed E-state index contributed by atoms with van der Waals surface area (Å²) in [6.45, 7) is 0.879. The van der Waals surface area contributed by atoms with Gasteiger partial charge in [0.15, 0.2) is 0 Å². The van der Waals surface area contributed by atoms with Crippen LogP contribution in [-0.4, -0.2) is 16.4 Å². The fourth-order valence-corrected chi connectivity index (χ4v) is 1.38. The van der Waals surface area contributed by atoms with Crippen molar-refractivity contribution in [2.75, 3.05) is 6.61 Å². The van der Waals surface area contributed by atoms with E-state index in [0.29, 0.717) is 0 Å². The minimum absolute atomic E-state index is 0.193. The van der Waals surface area contributed by atoms with Crippen LogP contribution in [-0.2, 0) is 4.74 Å². The molecule has 0 aromatic carbocycles. The van der Waals surface area contributed by atoms with Gasteiger partial charge in [-0.05, 0) is 25.3 Å². The Morgan fingerprint density at radius 3 is 3.09 bits per heavy atom. The fraction of sp³-hybridized carbons (Fsp3) is 0.625. The van der Waals surface area contributed by atoms with Crippen LogP contribution >= 0.6 is 0 Å². The molecule has 60 valence electrons. The van der Waals surface area contributed by atoms with Gasteiger partial charge in [0, 0.05) is 19.0 Å². The maximum atomic E-state index is 5.52. The van der Waals surface area contributed by atoms with Gasteiger partial charge in [0.05, 0.1) is 0 Å². The molecule has 1 aliphatic heterocycles. The van der Waals surface area contributed by atoms with Crippen molar-refractivity contribution >= 4 is 0 Å². The molecule has 0 amide bonds. The molecule has 1 saturated heterocycles. The summed E-state index contributed by atoms with van der Waals surface area (Å²) in [5.41, 5.74) is 0. The number of ether oxygens (including phenoxy) is 1. The number of rotatable bonds is 1. The minimum atomic E-state index is 0.193. The number of nitrogens with zero attached hydrogens (tertiary/aromatic N) is 2. The molecule has 1 fully saturated rings. The highest BCUT2D eigenvalue weighted by molar-refractivity contribution is 4.79. The Labute approximate surface area is 66.0 Å². The Bertz CT molecular complexity index is 202. The Kier molecular flexibility index (Phi) is 1.90. The highest BCUT2D eigenvalue weighted by Gasteiger charge is 2.14. The lowest BCUT2D eigenvalue weighted by molar-refractivity contribution is -0.0394. The second kappa shape index (κ2) is 3.05. The highest BCUT2D eigenvalue weighted by atomic mass is 16.5. The molecule has 11 heavy (non-hydrogen) atoms. The zero-order valence-corrected chi connectivity index (χ0v) is 6.44. The van der Waals surface area contributed by atoms with Crippen molar-refractivity contribution in [3.63, 3.8) is 0 Å². The molecule has 1 aromatic heterocycles. The van der Waals surface area contributed by atoms with Gasteiger partial charge in [-0.3, -0.25) is 0 Å². The van der Waals surface area contributed by atoms with E-state index in [4.69, 9.17) is 4.74 Å². The number of hydrogen-bond donors (Lipinski definition) is 0. The molecule has 1 aliphatic rings. The predicted molar refractivity (Wildman–Crippen MR) is 41.1 cm³/mol. The van der Waals surface area contributed by atoms with Crippen molar-refractivity contribution in [2.45, 2.75) is 25.5 Å². The third kappa shape index (κ3) is 1.43. The average Bonchev–Trinajstić information content (AvgIpc) is 2.58. The quantitative estimate of drug-likeness (QED) is 0.611. The Morgan fingerprint density at radius 2 is 2.45 bits per heavy atom. The lowest BCUT2D eigenvalue weighted by Crippen LogP contribution is -2.18. The third-order valence-electron chi connectivity index (χ3n) is 1.98. The van der Waals surface area contributed by atoms with Crippen LogP contribution in [0.5, 0.6) is 0 Å². The molecule has 0 spiro atoms. The van der Waals surface area contributed by atoms with E-state index in [2.05, 4.69) is 5.10 Å². The minimum Gasteiger partial charge on any atom is -0.357 e. The molecule has 0 aliphatic carbocycles. The molecule has 1 aromatic rings. The van der Waals surface area contributed by atoms with E-state index in [1.807, 2.05) is 16.9 Å². The Balaban J connectivity index is 2.04. The molecule has 0 N–H and O–H groups in total. The highest BCUT2D eigenvalue weighted by Crippen LogP contribution is 2.20. The lowest BCUT2D eigenvalue weighted by atomic mass is 10.2. The van der Waals surface area contributed by atoms with E-state index >= 15 is 0 Å². The van der Waals surface area contributed by atoms with E-state index in [1.54, 1.807) is 6.20 Å². The molecule has 0 radical (unpaired) electrons. The molecular weight excluding hydrogens is 140 g/mol. The van der Waals surface area contributed by atoms with Crippen LogP contribution in [0.15, 0.2) is 18.5 Å². The lowest BCUT2D eigenvalue weighted by Gasteiger charge is -2.22. The van der Waals surface area contributed by atoms with Crippen LogP contribution in [0.3, 0.4) is 0 Å². The van der Waals surface area contributed by atoms with E-state index < -0.39 is 0 Å². The third-order valence-corrected chi connectivity index (χ3v) is 1.98. The normalized spacial score (nSPS) is 25.3. The maximum absolute atomic E-state index is 5.52. The summed E-state index contributed by atoms with van der Waals surface area (Å²) in [5.74, 6) is 0. The Morgan fingerprint density at radius 1 is 1.45 bits per heavy atom. The zero-order chi connectivity index (χ0) is 7.52. The summed E-state index contributed by atoms with van der Waals surface area (Å²) < 4.78 is 7.41. The molecular formula is C8H12N2O. The molecule has 0 bridgehead atoms. The molecule has 0 unspecified atom stereocenters. The summed E-state index contributed by atoms with van der Waals surface area (Å²) in [5, 5.41) is 4.13. The molecule has 3 nitrogen and oxygen atoms in total. The molecule has 3 heteroatoms. The van der Waals surface area contributed by atoms with Gasteiger partial charge in [0.2, 0.25) is 0 Å². The van der Waals surface area contributed by atoms with Crippen molar-refractivity contribution in [1.29, 1.82) is 0 Å². The van der Waals surface area contributed by atoms with E-state index in [0.717, 1.165) is 13.0 Å². The second-order valence-electron chi connectivity index (χ2n) is 2.81. The fourth-order valence-electron chi connectivity index (χ4n) is 1.38. The van der Waals surface area contributed by atoms with Crippen LogP contribution in [0.25, 0.3) is 0 Å². The molecule has 1 atom stereocenters. The first-order chi connectivity index (χ1) is 5.47. The summed E-state index contributed by atoms with van der Waals surface area (Å²) in [4.78, 5) is 0. The van der Waals surface area contributed by atoms with Gasteiger partial charge in [0.25, 0.3) is 0 Å². The van der Waals surface area contributed by atoms with Crippen molar-refractivity contribution < 1.29 is 4.74 Å². The van der Waals surface area contributed by atoms with Gasteiger partial charge >= 0.3 is 0 Å². The smallest absolute Gasteiger partial charge is 0.150 e. The van der Waals surface area contributed by atoms with Crippen molar-refractivity contribution in [1.82, 2.24) is 9.78 Å². The summed E-state index contributed by atoms with van der Waals surface area (Å²) in [7, 11) is 0. The standard InChI is InChI=1S/C8H12N2O/c1-2-7-11-8(4-1)10-6-3-5-9-10/h3,5-6,8H,1-2,4,7H2/t8-/m0/s1. The first-order valence-electron chi connectivity index (χ1n) is 4.07. The van der Waals surface area contributed by atoms with Crippen LogP contribution in [0, 0.1) is 0 Å². The van der Waals surface area contributed by atoms with Gasteiger partial charge in [-0.2, -0.15) is 5.10 Å². The average molecular weight is 152 g/mol.